The molecule has 1 saturated carbocycles. The van der Waals surface area contributed by atoms with Crippen molar-refractivity contribution >= 4 is 63.2 Å². The van der Waals surface area contributed by atoms with Crippen LogP contribution in [0.3, 0.4) is 0 Å². The first-order valence-electron chi connectivity index (χ1n) is 34.8. The number of aliphatic hydroxyl groups excluding tert-OH is 1. The number of anilines is 2. The molecule has 99 heavy (non-hydrogen) atoms. The van der Waals surface area contributed by atoms with E-state index in [0.717, 1.165) is 29.7 Å². The van der Waals surface area contributed by atoms with Gasteiger partial charge in [-0.05, 0) is 132 Å². The Morgan fingerprint density at radius 2 is 1.66 bits per heavy atom. The normalized spacial score (nSPS) is 31.5. The van der Waals surface area contributed by atoms with Crippen LogP contribution in [-0.2, 0) is 76.8 Å². The van der Waals surface area contributed by atoms with Crippen LogP contribution in [0.2, 0.25) is 0 Å². The van der Waals surface area contributed by atoms with Gasteiger partial charge in [0, 0.05) is 83.5 Å². The number of Topliss-reactive ketones (excluding diaryl/α,β-unsaturated/α-hetero) is 3. The molecule has 27 heteroatoms. The summed E-state index contributed by atoms with van der Waals surface area (Å²) in [6, 6.07) is 4.34. The monoisotopic (exact) mass is 1380 g/mol. The van der Waals surface area contributed by atoms with E-state index in [1.54, 1.807) is 63.8 Å². The van der Waals surface area contributed by atoms with E-state index in [-0.39, 0.29) is 86.9 Å². The highest BCUT2D eigenvalue weighted by atomic mass is 16.7. The van der Waals surface area contributed by atoms with Crippen molar-refractivity contribution in [2.75, 3.05) is 52.6 Å². The Morgan fingerprint density at radius 3 is 2.42 bits per heavy atom. The van der Waals surface area contributed by atoms with E-state index in [9.17, 15) is 39.3 Å². The maximum atomic E-state index is 14.8. The Bertz CT molecular complexity index is 3730. The van der Waals surface area contributed by atoms with Gasteiger partial charge in [0.15, 0.2) is 22.8 Å². The number of oxazole rings is 1. The fraction of sp³-hybridized carbons (Fsp3) is 0.625. The Kier molecular flexibility index (Phi) is 26.2. The van der Waals surface area contributed by atoms with Crippen LogP contribution >= 0.6 is 0 Å². The van der Waals surface area contributed by atoms with Crippen LogP contribution in [0.1, 0.15) is 144 Å². The van der Waals surface area contributed by atoms with Gasteiger partial charge in [0.25, 0.3) is 17.7 Å². The highest BCUT2D eigenvalue weighted by Crippen LogP contribution is 2.42. The first-order chi connectivity index (χ1) is 47.3. The fourth-order valence-electron chi connectivity index (χ4n) is 14.3. The Hall–Kier alpha value is -7.47. The topological polar surface area (TPSA) is 366 Å². The second kappa shape index (κ2) is 34.3. The van der Waals surface area contributed by atoms with Gasteiger partial charge in [-0.2, -0.15) is 10.1 Å². The molecule has 2 bridgehead atoms. The predicted octanol–water partition coefficient (Wildman–Crippen LogP) is 7.93. The van der Waals surface area contributed by atoms with Crippen molar-refractivity contribution in [3.8, 4) is 11.3 Å². The number of benzene rings is 1. The molecule has 9 rings (SSSR count). The van der Waals surface area contributed by atoms with Crippen molar-refractivity contribution in [2.45, 2.75) is 212 Å². The van der Waals surface area contributed by atoms with Crippen molar-refractivity contribution < 1.29 is 76.9 Å². The summed E-state index contributed by atoms with van der Waals surface area (Å²) < 4.78 is 51.3. The number of aromatic nitrogens is 8. The maximum Gasteiger partial charge on any atom is 0.329 e. The minimum Gasteiger partial charge on any atom is -0.460 e. The number of carbonyl (C=O) groups excluding carboxylic acids is 5. The van der Waals surface area contributed by atoms with Crippen LogP contribution in [0.4, 0.5) is 11.8 Å². The highest BCUT2D eigenvalue weighted by molar-refractivity contribution is 6.39. The fourth-order valence-corrected chi connectivity index (χ4v) is 14.3. The molecule has 4 aliphatic rings. The number of ketones is 3. The number of hydrogen-bond donors (Lipinski definition) is 5. The van der Waals surface area contributed by atoms with Gasteiger partial charge in [-0.1, -0.05) is 76.3 Å². The van der Waals surface area contributed by atoms with E-state index in [1.807, 2.05) is 62.0 Å². The van der Waals surface area contributed by atoms with Crippen molar-refractivity contribution in [2.24, 2.45) is 35.5 Å². The molecule has 7 N–H and O–H groups in total. The first-order valence-corrected chi connectivity index (χ1v) is 34.8. The largest absolute Gasteiger partial charge is 0.460 e. The number of nitrogen functional groups attached to an aromatic ring is 2. The number of ether oxygens (including phenoxy) is 7. The average molecular weight is 1380 g/mol. The summed E-state index contributed by atoms with van der Waals surface area (Å²) >= 11 is 0. The van der Waals surface area contributed by atoms with Gasteiger partial charge in [0.05, 0.1) is 49.7 Å². The lowest BCUT2D eigenvalue weighted by atomic mass is 9.78. The lowest BCUT2D eigenvalue weighted by Crippen LogP contribution is -2.63. The minimum atomic E-state index is -2.75. The van der Waals surface area contributed by atoms with Crippen LogP contribution in [0.5, 0.6) is 0 Å². The number of allylic oxidation sites excluding steroid dienone is 6. The summed E-state index contributed by atoms with van der Waals surface area (Å²) in [4.78, 5) is 86.4. The molecular formula is C72H101N11O16. The first kappa shape index (κ1) is 75.7. The van der Waals surface area contributed by atoms with Gasteiger partial charge in [0.2, 0.25) is 5.79 Å². The Balaban J connectivity index is 0.817. The molecule has 27 nitrogen and oxygen atoms in total. The number of esters is 1. The molecular weight excluding hydrogens is 1270 g/mol. The molecule has 3 fully saturated rings. The van der Waals surface area contributed by atoms with Crippen molar-refractivity contribution in [3.63, 3.8) is 0 Å². The quantitative estimate of drug-likeness (QED) is 0.0240. The third-order valence-electron chi connectivity index (χ3n) is 20.2. The highest BCUT2D eigenvalue weighted by Gasteiger charge is 2.57. The number of nitrogens with zero attached hydrogens (tertiary/aromatic N) is 9. The van der Waals surface area contributed by atoms with Gasteiger partial charge in [-0.3, -0.25) is 23.9 Å². The number of methoxy groups -OCH3 is 3. The molecule has 0 spiro atoms. The van der Waals surface area contributed by atoms with E-state index in [2.05, 4.69) is 25.3 Å². The number of rotatable bonds is 18. The lowest BCUT2D eigenvalue weighted by molar-refractivity contribution is -0.360. The van der Waals surface area contributed by atoms with E-state index >= 15 is 0 Å². The van der Waals surface area contributed by atoms with E-state index < -0.39 is 83.4 Å². The van der Waals surface area contributed by atoms with Gasteiger partial charge >= 0.3 is 5.97 Å². The molecule has 3 aliphatic heterocycles. The zero-order valence-corrected chi connectivity index (χ0v) is 58.8. The summed E-state index contributed by atoms with van der Waals surface area (Å²) in [6.45, 7) is 14.4. The molecule has 1 aliphatic carbocycles. The van der Waals surface area contributed by atoms with Gasteiger partial charge in [0.1, 0.15) is 59.2 Å². The number of aliphatic hydroxyl groups is 3. The van der Waals surface area contributed by atoms with E-state index in [1.165, 1.54) is 20.5 Å². The molecule has 0 unspecified atom stereocenters. The molecule has 540 valence electrons. The summed E-state index contributed by atoms with van der Waals surface area (Å²) in [6.07, 6.45) is 14.7. The third kappa shape index (κ3) is 18.7. The number of cyclic esters (lactones) is 1. The zero-order chi connectivity index (χ0) is 71.3. The van der Waals surface area contributed by atoms with Crippen LogP contribution in [0.25, 0.3) is 33.4 Å². The van der Waals surface area contributed by atoms with Gasteiger partial charge in [-0.25, -0.2) is 19.4 Å². The number of aryl methyl sites for hydroxylation is 2. The smallest absolute Gasteiger partial charge is 0.329 e. The number of nitrogens with two attached hydrogens (primary N) is 2. The van der Waals surface area contributed by atoms with Crippen molar-refractivity contribution in [3.05, 3.63) is 84.0 Å². The van der Waals surface area contributed by atoms with Crippen LogP contribution < -0.4 is 11.5 Å². The zero-order valence-electron chi connectivity index (χ0n) is 58.8. The number of unbranched alkanes of at least 4 members (excludes halogenated alkanes) is 1. The second-order valence-electron chi connectivity index (χ2n) is 27.7. The van der Waals surface area contributed by atoms with Crippen LogP contribution in [-0.4, -0.2) is 184 Å². The summed E-state index contributed by atoms with van der Waals surface area (Å²) in [5.74, 6) is -11.0. The molecule has 4 aromatic heterocycles. The van der Waals surface area contributed by atoms with Crippen molar-refractivity contribution in [1.82, 2.24) is 44.6 Å². The number of amides is 1. The SMILES string of the molecule is CO[C@H]1C[C@]2(O)CC[C@@H](C)[C@@](O)(O2)C(=O)C(=O)N2CCCC[C@H]2C(=O)O[C@H]([C@H](C)C[C@@H]2CC[C@@H](OCCOCc3cn(CCCCn4nc(-c5ccc6oc(N)nc6c5)c5c(N)ncnc54)nn3)[C@H](OC)C2)CC(=O)[C@H](C)/C=C(\C)[C@@H](O)[C@@H](OC)C(=O)[C@H](C)C[C@H](C)/C=C/C=C/C=C/1C. The van der Waals surface area contributed by atoms with E-state index in [0.29, 0.717) is 115 Å². The maximum absolute atomic E-state index is 14.8. The second-order valence-corrected chi connectivity index (χ2v) is 27.7. The molecule has 7 heterocycles. The lowest BCUT2D eigenvalue weighted by Gasteiger charge is -2.46. The standard InChI is InChI=1S/C72H101N11O16/c1-42-18-12-11-13-19-43(2)59(93-9)38-71(90)26-25-48(7)72(91,99-71)65(87)68(88)82-28-15-14-20-53(82)69(89)97-57(37-54(84)44(3)33-47(6)63(86)64(94-10)62(85)46(5)32-42)45(4)34-49-21-23-56(58(35-49)92-8)96-31-30-95-40-51-39-81(80-78-51)27-16-17-29-83-67-60(66(73)75-41-76-67)61(79-83)50-22-24-55-52(36-50)77-70(74)98-55/h11-13,18-19,22,24,33,36,39,41-42,44-46,48-49,53,56-59,63-64,86,90-91H,14-17,20-21,23,25-32,34-35,37-38,40H2,1-10H3,(H2,74,77)(H2,73,75,76)/b13-11+,18-12+,43-19+,47-33+/t42-,44-,45-,46-,48-,49+,53+,56-,57+,58-,59+,63-,64+,71+,72-/m1/s1. The summed E-state index contributed by atoms with van der Waals surface area (Å²) in [5.41, 5.74) is 17.1. The number of carbonyl (C=O) groups is 5. The average Bonchev–Trinajstić information content (AvgIpc) is 1.71. The number of hydrogen-bond acceptors (Lipinski definition) is 24. The van der Waals surface area contributed by atoms with Gasteiger partial charge < -0.3 is 69.3 Å². The Labute approximate surface area is 578 Å². The number of piperidine rings is 1. The van der Waals surface area contributed by atoms with Crippen LogP contribution in [0.15, 0.2) is 82.7 Å². The molecule has 1 aromatic carbocycles. The van der Waals surface area contributed by atoms with Gasteiger partial charge in [-0.15, -0.1) is 5.10 Å². The van der Waals surface area contributed by atoms with Crippen LogP contribution in [0, 0.1) is 35.5 Å². The number of fused-ring (bicyclic) bond motifs is 5. The molecule has 15 atom stereocenters. The Morgan fingerprint density at radius 1 is 0.869 bits per heavy atom. The predicted molar refractivity (Wildman–Crippen MR) is 366 cm³/mol. The molecule has 5 aromatic rings. The van der Waals surface area contributed by atoms with Crippen molar-refractivity contribution in [1.29, 1.82) is 0 Å². The molecule has 0 radical (unpaired) electrons. The summed E-state index contributed by atoms with van der Waals surface area (Å²) in [5, 5.41) is 49.9. The van der Waals surface area contributed by atoms with E-state index in [4.69, 9.17) is 54.1 Å². The third-order valence-corrected chi connectivity index (χ3v) is 20.2. The minimum absolute atomic E-state index is 0.00434. The molecule has 1 amide bonds. The molecule has 2 saturated heterocycles. The summed E-state index contributed by atoms with van der Waals surface area (Å²) in [7, 11) is 4.48.